The van der Waals surface area contributed by atoms with Crippen LogP contribution in [0.1, 0.15) is 22.7 Å². The molecular weight excluding hydrogens is 288 g/mol. The lowest BCUT2D eigenvalue weighted by Crippen LogP contribution is -2.34. The van der Waals surface area contributed by atoms with Crippen LogP contribution in [0.15, 0.2) is 18.2 Å². The van der Waals surface area contributed by atoms with Crippen LogP contribution >= 0.6 is 0 Å². The average molecular weight is 299 g/mol. The zero-order valence-corrected chi connectivity index (χ0v) is 10.1. The molecule has 1 atom stereocenters. The fraction of sp³-hybridized carbons (Fsp3) is 0.500. The molecule has 1 fully saturated rings. The highest BCUT2D eigenvalue weighted by Crippen LogP contribution is 2.37. The number of benzene rings is 1. The van der Waals surface area contributed by atoms with Crippen molar-refractivity contribution in [1.82, 2.24) is 5.32 Å². The first-order chi connectivity index (χ1) is 9.18. The number of rotatable bonds is 1. The first-order valence-electron chi connectivity index (χ1n) is 5.78. The van der Waals surface area contributed by atoms with Gasteiger partial charge in [-0.3, -0.25) is 0 Å². The van der Waals surface area contributed by atoms with Gasteiger partial charge in [0.1, 0.15) is 0 Å². The van der Waals surface area contributed by atoms with Gasteiger partial charge in [-0.1, -0.05) is 0 Å². The van der Waals surface area contributed by atoms with E-state index in [9.17, 15) is 26.3 Å². The smallest absolute Gasteiger partial charge is 0.378 e. The van der Waals surface area contributed by atoms with Gasteiger partial charge in [-0.25, -0.2) is 0 Å². The van der Waals surface area contributed by atoms with Gasteiger partial charge in [0, 0.05) is 6.54 Å². The molecule has 1 saturated heterocycles. The molecule has 0 radical (unpaired) electrons. The van der Waals surface area contributed by atoms with Crippen LogP contribution in [0, 0.1) is 0 Å². The summed E-state index contributed by atoms with van der Waals surface area (Å²) in [7, 11) is 0. The maximum absolute atomic E-state index is 12.7. The standard InChI is InChI=1S/C12H11F6NO/c13-11(14,15)8-3-7(10-6-20-2-1-19-10)4-9(5-8)12(16,17)18/h3-5,10,19H,1-2,6H2/t10-/m1/s1. The Morgan fingerprint density at radius 3 is 1.90 bits per heavy atom. The van der Waals surface area contributed by atoms with Crippen LogP contribution in [0.2, 0.25) is 0 Å². The second kappa shape index (κ2) is 5.25. The van der Waals surface area contributed by atoms with Crippen LogP contribution in [0.3, 0.4) is 0 Å². The molecule has 1 aromatic rings. The highest BCUT2D eigenvalue weighted by atomic mass is 19.4. The van der Waals surface area contributed by atoms with Crippen molar-refractivity contribution in [2.75, 3.05) is 19.8 Å². The summed E-state index contributed by atoms with van der Waals surface area (Å²) in [4.78, 5) is 0. The van der Waals surface area contributed by atoms with Crippen molar-refractivity contribution in [1.29, 1.82) is 0 Å². The lowest BCUT2D eigenvalue weighted by molar-refractivity contribution is -0.143. The van der Waals surface area contributed by atoms with Gasteiger partial charge in [0.25, 0.3) is 0 Å². The number of hydrogen-bond acceptors (Lipinski definition) is 2. The Labute approximate surface area is 110 Å². The summed E-state index contributed by atoms with van der Waals surface area (Å²) in [5, 5.41) is 2.83. The molecule has 0 saturated carbocycles. The molecule has 0 bridgehead atoms. The fourth-order valence-corrected chi connectivity index (χ4v) is 1.96. The molecule has 1 N–H and O–H groups in total. The number of hydrogen-bond donors (Lipinski definition) is 1. The maximum atomic E-state index is 12.7. The molecular formula is C12H11F6NO. The summed E-state index contributed by atoms with van der Waals surface area (Å²) in [6.45, 7) is 0.794. The van der Waals surface area contributed by atoms with Gasteiger partial charge in [0.05, 0.1) is 30.4 Å². The van der Waals surface area contributed by atoms with Crippen molar-refractivity contribution in [2.24, 2.45) is 0 Å². The Bertz CT molecular complexity index is 444. The van der Waals surface area contributed by atoms with Crippen molar-refractivity contribution >= 4 is 0 Å². The van der Waals surface area contributed by atoms with Crippen LogP contribution in [-0.4, -0.2) is 19.8 Å². The van der Waals surface area contributed by atoms with Gasteiger partial charge >= 0.3 is 12.4 Å². The minimum Gasteiger partial charge on any atom is -0.378 e. The van der Waals surface area contributed by atoms with Gasteiger partial charge in [-0.05, 0) is 23.8 Å². The highest BCUT2D eigenvalue weighted by molar-refractivity contribution is 5.35. The number of morpholine rings is 1. The zero-order valence-electron chi connectivity index (χ0n) is 10.1. The van der Waals surface area contributed by atoms with E-state index in [0.717, 1.165) is 12.1 Å². The molecule has 1 heterocycles. The Kier molecular flexibility index (Phi) is 3.97. The van der Waals surface area contributed by atoms with Gasteiger partial charge in [0.2, 0.25) is 0 Å². The lowest BCUT2D eigenvalue weighted by Gasteiger charge is -2.25. The average Bonchev–Trinajstić information content (AvgIpc) is 2.37. The van der Waals surface area contributed by atoms with Crippen LogP contribution in [0.5, 0.6) is 0 Å². The zero-order chi connectivity index (χ0) is 15.0. The van der Waals surface area contributed by atoms with Crippen molar-refractivity contribution < 1.29 is 31.1 Å². The molecule has 0 spiro atoms. The molecule has 1 aromatic carbocycles. The first kappa shape index (κ1) is 15.1. The molecule has 2 nitrogen and oxygen atoms in total. The third-order valence-corrected chi connectivity index (χ3v) is 2.93. The Hall–Kier alpha value is -1.28. The predicted octanol–water partition coefficient (Wildman–Crippen LogP) is 3.39. The summed E-state index contributed by atoms with van der Waals surface area (Å²) in [5.41, 5.74) is -2.70. The number of ether oxygens (including phenoxy) is 1. The Morgan fingerprint density at radius 1 is 0.950 bits per heavy atom. The largest absolute Gasteiger partial charge is 0.416 e. The van der Waals surface area contributed by atoms with Gasteiger partial charge in [-0.2, -0.15) is 26.3 Å². The second-order valence-corrected chi connectivity index (χ2v) is 4.42. The molecule has 112 valence electrons. The molecule has 0 unspecified atom stereocenters. The van der Waals surface area contributed by atoms with Gasteiger partial charge < -0.3 is 10.1 Å². The van der Waals surface area contributed by atoms with E-state index in [4.69, 9.17) is 4.74 Å². The Balaban J connectivity index is 2.45. The summed E-state index contributed by atoms with van der Waals surface area (Å²) in [6, 6.07) is 0.892. The van der Waals surface area contributed by atoms with Gasteiger partial charge in [0.15, 0.2) is 0 Å². The van der Waals surface area contributed by atoms with E-state index < -0.39 is 29.5 Å². The first-order valence-corrected chi connectivity index (χ1v) is 5.78. The number of nitrogens with one attached hydrogen (secondary N) is 1. The van der Waals surface area contributed by atoms with Crippen LogP contribution in [0.4, 0.5) is 26.3 Å². The number of halogens is 6. The van der Waals surface area contributed by atoms with E-state index in [1.165, 1.54) is 0 Å². The Morgan fingerprint density at radius 2 is 1.50 bits per heavy atom. The molecule has 1 aliphatic rings. The molecule has 1 aliphatic heterocycles. The van der Waals surface area contributed by atoms with Crippen LogP contribution in [0.25, 0.3) is 0 Å². The predicted molar refractivity (Wildman–Crippen MR) is 58.0 cm³/mol. The van der Waals surface area contributed by atoms with E-state index in [1.807, 2.05) is 0 Å². The van der Waals surface area contributed by atoms with Crippen molar-refractivity contribution in [2.45, 2.75) is 18.4 Å². The second-order valence-electron chi connectivity index (χ2n) is 4.42. The third-order valence-electron chi connectivity index (χ3n) is 2.93. The number of alkyl halides is 6. The monoisotopic (exact) mass is 299 g/mol. The molecule has 8 heteroatoms. The molecule has 0 aromatic heterocycles. The van der Waals surface area contributed by atoms with E-state index in [-0.39, 0.29) is 18.2 Å². The molecule has 2 rings (SSSR count). The third kappa shape index (κ3) is 3.43. The fourth-order valence-electron chi connectivity index (χ4n) is 1.96. The van der Waals surface area contributed by atoms with E-state index >= 15 is 0 Å². The lowest BCUT2D eigenvalue weighted by atomic mass is 9.99. The van der Waals surface area contributed by atoms with Crippen LogP contribution in [-0.2, 0) is 17.1 Å². The maximum Gasteiger partial charge on any atom is 0.416 e. The minimum absolute atomic E-state index is 0.0403. The minimum atomic E-state index is -4.83. The SMILES string of the molecule is FC(F)(F)c1cc([C@H]2COCCN2)cc(C(F)(F)F)c1. The molecule has 0 aliphatic carbocycles. The topological polar surface area (TPSA) is 21.3 Å². The molecule has 0 amide bonds. The summed E-state index contributed by atoms with van der Waals surface area (Å²) in [6.07, 6.45) is -9.66. The quantitative estimate of drug-likeness (QED) is 0.803. The van der Waals surface area contributed by atoms with E-state index in [0.29, 0.717) is 13.2 Å². The van der Waals surface area contributed by atoms with Crippen molar-refractivity contribution in [3.05, 3.63) is 34.9 Å². The van der Waals surface area contributed by atoms with E-state index in [1.54, 1.807) is 0 Å². The van der Waals surface area contributed by atoms with Crippen molar-refractivity contribution in [3.63, 3.8) is 0 Å². The summed E-state index contributed by atoms with van der Waals surface area (Å²) in [5.74, 6) is 0. The van der Waals surface area contributed by atoms with Crippen LogP contribution < -0.4 is 5.32 Å². The van der Waals surface area contributed by atoms with Gasteiger partial charge in [-0.15, -0.1) is 0 Å². The van der Waals surface area contributed by atoms with Crippen molar-refractivity contribution in [3.8, 4) is 0 Å². The summed E-state index contributed by atoms with van der Waals surface area (Å²) < 4.78 is 81.2. The molecule has 20 heavy (non-hydrogen) atoms. The summed E-state index contributed by atoms with van der Waals surface area (Å²) >= 11 is 0. The highest BCUT2D eigenvalue weighted by Gasteiger charge is 2.37. The normalized spacial score (nSPS) is 21.0. The van der Waals surface area contributed by atoms with E-state index in [2.05, 4.69) is 5.32 Å².